The maximum atomic E-state index is 13.0. The van der Waals surface area contributed by atoms with Crippen LogP contribution in [0.1, 0.15) is 36.0 Å². The number of nitrogens with one attached hydrogen (secondary N) is 3. The molecule has 2 aromatic heterocycles. The van der Waals surface area contributed by atoms with Gasteiger partial charge < -0.3 is 20.3 Å². The number of pyridine rings is 1. The second-order valence-electron chi connectivity index (χ2n) is 7.63. The SMILES string of the molecule is COC(=O)C(=N)/C=C1/CC(NC(=O)c2cnn3ccc(N4CCCC4)cc23)CCN1. The summed E-state index contributed by atoms with van der Waals surface area (Å²) in [6.07, 6.45) is 8.61. The Bertz CT molecular complexity index is 1010. The molecule has 2 fully saturated rings. The van der Waals surface area contributed by atoms with E-state index >= 15 is 0 Å². The molecule has 0 spiro atoms. The maximum absolute atomic E-state index is 13.0. The van der Waals surface area contributed by atoms with E-state index in [4.69, 9.17) is 5.41 Å². The zero-order chi connectivity index (χ0) is 21.1. The second kappa shape index (κ2) is 8.56. The van der Waals surface area contributed by atoms with Crippen LogP contribution in [0.4, 0.5) is 5.69 Å². The predicted molar refractivity (Wildman–Crippen MR) is 113 cm³/mol. The Labute approximate surface area is 174 Å². The van der Waals surface area contributed by atoms with Crippen LogP contribution in [0.5, 0.6) is 0 Å². The van der Waals surface area contributed by atoms with E-state index in [-0.39, 0.29) is 17.7 Å². The average Bonchev–Trinajstić information content (AvgIpc) is 3.42. The molecule has 3 N–H and O–H groups in total. The first-order valence-electron chi connectivity index (χ1n) is 10.2. The van der Waals surface area contributed by atoms with Crippen LogP contribution in [0.25, 0.3) is 5.52 Å². The van der Waals surface area contributed by atoms with Crippen LogP contribution in [0, 0.1) is 5.41 Å². The number of fused-ring (bicyclic) bond motifs is 1. The van der Waals surface area contributed by atoms with Crippen LogP contribution in [0.15, 0.2) is 36.3 Å². The van der Waals surface area contributed by atoms with Crippen LogP contribution >= 0.6 is 0 Å². The molecule has 1 atom stereocenters. The summed E-state index contributed by atoms with van der Waals surface area (Å²) in [7, 11) is 1.25. The molecule has 2 aliphatic rings. The van der Waals surface area contributed by atoms with E-state index in [1.165, 1.54) is 26.0 Å². The Morgan fingerprint density at radius 2 is 2.17 bits per heavy atom. The molecule has 2 saturated heterocycles. The van der Waals surface area contributed by atoms with Crippen LogP contribution in [-0.4, -0.2) is 60.0 Å². The van der Waals surface area contributed by atoms with Gasteiger partial charge in [-0.2, -0.15) is 5.10 Å². The molecule has 9 heteroatoms. The molecule has 2 aliphatic heterocycles. The zero-order valence-corrected chi connectivity index (χ0v) is 17.0. The first-order chi connectivity index (χ1) is 14.5. The van der Waals surface area contributed by atoms with Gasteiger partial charge in [0.2, 0.25) is 0 Å². The van der Waals surface area contributed by atoms with Crippen molar-refractivity contribution in [3.63, 3.8) is 0 Å². The van der Waals surface area contributed by atoms with Crippen molar-refractivity contribution in [3.8, 4) is 0 Å². The topological polar surface area (TPSA) is 112 Å². The molecule has 9 nitrogen and oxygen atoms in total. The molecule has 0 aliphatic carbocycles. The van der Waals surface area contributed by atoms with Crippen LogP contribution in [-0.2, 0) is 9.53 Å². The fourth-order valence-corrected chi connectivity index (χ4v) is 4.00. The average molecular weight is 410 g/mol. The summed E-state index contributed by atoms with van der Waals surface area (Å²) < 4.78 is 6.29. The van der Waals surface area contributed by atoms with E-state index in [1.54, 1.807) is 10.7 Å². The van der Waals surface area contributed by atoms with Crippen molar-refractivity contribution in [1.29, 1.82) is 5.41 Å². The minimum Gasteiger partial charge on any atom is -0.464 e. The lowest BCUT2D eigenvalue weighted by molar-refractivity contribution is -0.132. The molecule has 0 saturated carbocycles. The standard InChI is InChI=1S/C21H26N6O3/c1-30-21(29)18(22)11-15-10-14(4-6-23-15)25-20(28)17-13-24-27-9-5-16(12-19(17)27)26-7-2-3-8-26/h5,9,11-14,22-23H,2-4,6-8,10H2,1H3,(H,25,28)/b15-11-,22-18?. The molecule has 0 aromatic carbocycles. The third-order valence-corrected chi connectivity index (χ3v) is 5.59. The Morgan fingerprint density at radius 1 is 1.37 bits per heavy atom. The van der Waals surface area contributed by atoms with Crippen molar-refractivity contribution >= 4 is 28.8 Å². The molecule has 4 rings (SSSR count). The van der Waals surface area contributed by atoms with E-state index in [9.17, 15) is 9.59 Å². The number of rotatable bonds is 5. The monoisotopic (exact) mass is 410 g/mol. The van der Waals surface area contributed by atoms with Gasteiger partial charge in [-0.05, 0) is 37.5 Å². The number of amides is 1. The van der Waals surface area contributed by atoms with Crippen molar-refractivity contribution in [3.05, 3.63) is 41.9 Å². The molecule has 1 unspecified atom stereocenters. The summed E-state index contributed by atoms with van der Waals surface area (Å²) in [6, 6.07) is 3.97. The van der Waals surface area contributed by atoms with Gasteiger partial charge in [-0.15, -0.1) is 0 Å². The van der Waals surface area contributed by atoms with E-state index in [0.717, 1.165) is 36.4 Å². The van der Waals surface area contributed by atoms with E-state index in [2.05, 4.69) is 25.4 Å². The summed E-state index contributed by atoms with van der Waals surface area (Å²) >= 11 is 0. The van der Waals surface area contributed by atoms with Crippen molar-refractivity contribution in [2.75, 3.05) is 31.6 Å². The highest BCUT2D eigenvalue weighted by Crippen LogP contribution is 2.23. The summed E-state index contributed by atoms with van der Waals surface area (Å²) in [5.41, 5.74) is 2.96. The highest BCUT2D eigenvalue weighted by molar-refractivity contribution is 6.39. The van der Waals surface area contributed by atoms with Gasteiger partial charge in [-0.25, -0.2) is 9.31 Å². The third-order valence-electron chi connectivity index (χ3n) is 5.59. The highest BCUT2D eigenvalue weighted by Gasteiger charge is 2.23. The van der Waals surface area contributed by atoms with Crippen LogP contribution in [0.3, 0.4) is 0 Å². The quantitative estimate of drug-likeness (QED) is 0.509. The van der Waals surface area contributed by atoms with Crippen LogP contribution in [0.2, 0.25) is 0 Å². The Hall–Kier alpha value is -3.36. The van der Waals surface area contributed by atoms with Crippen molar-refractivity contribution in [1.82, 2.24) is 20.2 Å². The summed E-state index contributed by atoms with van der Waals surface area (Å²) in [4.78, 5) is 26.7. The van der Waals surface area contributed by atoms with Crippen molar-refractivity contribution < 1.29 is 14.3 Å². The molecule has 2 aromatic rings. The van der Waals surface area contributed by atoms with Gasteiger partial charge in [0.15, 0.2) is 0 Å². The zero-order valence-electron chi connectivity index (χ0n) is 17.0. The number of ether oxygens (including phenoxy) is 1. The Kier molecular flexibility index (Phi) is 5.69. The lowest BCUT2D eigenvalue weighted by Crippen LogP contribution is -2.42. The summed E-state index contributed by atoms with van der Waals surface area (Å²) in [5, 5.41) is 18.3. The van der Waals surface area contributed by atoms with Gasteiger partial charge in [0, 0.05) is 49.7 Å². The molecule has 4 heterocycles. The number of methoxy groups -OCH3 is 1. The van der Waals surface area contributed by atoms with Crippen molar-refractivity contribution in [2.45, 2.75) is 31.7 Å². The molecule has 30 heavy (non-hydrogen) atoms. The molecule has 0 bridgehead atoms. The summed E-state index contributed by atoms with van der Waals surface area (Å²) in [5.74, 6) is -0.853. The molecular weight excluding hydrogens is 384 g/mol. The lowest BCUT2D eigenvalue weighted by Gasteiger charge is -2.26. The third kappa shape index (κ3) is 4.14. The van der Waals surface area contributed by atoms with Gasteiger partial charge in [0.25, 0.3) is 5.91 Å². The highest BCUT2D eigenvalue weighted by atomic mass is 16.5. The van der Waals surface area contributed by atoms with Gasteiger partial charge in [0.05, 0.1) is 24.4 Å². The lowest BCUT2D eigenvalue weighted by atomic mass is 10.0. The van der Waals surface area contributed by atoms with Crippen LogP contribution < -0.4 is 15.5 Å². The van der Waals surface area contributed by atoms with Crippen molar-refractivity contribution in [2.24, 2.45) is 0 Å². The number of nitrogens with zero attached hydrogens (tertiary/aromatic N) is 3. The van der Waals surface area contributed by atoms with E-state index in [0.29, 0.717) is 18.5 Å². The fourth-order valence-electron chi connectivity index (χ4n) is 4.00. The van der Waals surface area contributed by atoms with Gasteiger partial charge in [-0.3, -0.25) is 10.2 Å². The first-order valence-corrected chi connectivity index (χ1v) is 10.2. The second-order valence-corrected chi connectivity index (χ2v) is 7.63. The number of esters is 1. The first kappa shape index (κ1) is 19.9. The number of carbonyl (C=O) groups excluding carboxylic acids is 2. The number of hydrogen-bond acceptors (Lipinski definition) is 7. The fraction of sp³-hybridized carbons (Fsp3) is 0.429. The molecule has 1 amide bonds. The van der Waals surface area contributed by atoms with Gasteiger partial charge >= 0.3 is 5.97 Å². The minimum absolute atomic E-state index is 0.0906. The number of aromatic nitrogens is 2. The Morgan fingerprint density at radius 3 is 2.93 bits per heavy atom. The van der Waals surface area contributed by atoms with E-state index < -0.39 is 5.97 Å². The number of carbonyl (C=O) groups is 2. The van der Waals surface area contributed by atoms with E-state index in [1.807, 2.05) is 18.3 Å². The molecule has 0 radical (unpaired) electrons. The maximum Gasteiger partial charge on any atom is 0.355 e. The largest absolute Gasteiger partial charge is 0.464 e. The van der Waals surface area contributed by atoms with Gasteiger partial charge in [0.1, 0.15) is 5.71 Å². The Balaban J connectivity index is 1.47. The minimum atomic E-state index is -0.685. The number of anilines is 1. The smallest absolute Gasteiger partial charge is 0.355 e. The normalized spacial score (nSPS) is 20.2. The molecular formula is C21H26N6O3. The predicted octanol–water partition coefficient (Wildman–Crippen LogP) is 1.49. The van der Waals surface area contributed by atoms with Gasteiger partial charge in [-0.1, -0.05) is 0 Å². The molecule has 158 valence electrons. The number of piperidine rings is 1. The summed E-state index contributed by atoms with van der Waals surface area (Å²) in [6.45, 7) is 2.73. The number of hydrogen-bond donors (Lipinski definition) is 3.